The Bertz CT molecular complexity index is 1300. The molecule has 0 saturated heterocycles. The monoisotopic (exact) mass is 462 g/mol. The van der Waals surface area contributed by atoms with Crippen molar-refractivity contribution in [3.05, 3.63) is 78.1 Å². The van der Waals surface area contributed by atoms with E-state index in [1.54, 1.807) is 41.9 Å². The Morgan fingerprint density at radius 3 is 2.67 bits per heavy atom. The van der Waals surface area contributed by atoms with Crippen LogP contribution in [-0.4, -0.2) is 48.7 Å². The zero-order valence-corrected chi connectivity index (χ0v) is 18.1. The molecule has 4 rings (SSSR count). The van der Waals surface area contributed by atoms with Crippen molar-refractivity contribution < 1.29 is 19.1 Å². The lowest BCUT2D eigenvalue weighted by Crippen LogP contribution is -2.27. The van der Waals surface area contributed by atoms with E-state index in [0.717, 1.165) is 5.69 Å². The third-order valence-corrected chi connectivity index (χ3v) is 5.54. The van der Waals surface area contributed by atoms with Gasteiger partial charge in [0.15, 0.2) is 0 Å². The number of carbonyl (C=O) groups excluding carboxylic acids is 1. The van der Waals surface area contributed by atoms with E-state index >= 15 is 0 Å². The molecule has 4 aromatic rings. The summed E-state index contributed by atoms with van der Waals surface area (Å²) in [5, 5.41) is 24.9. The molecule has 33 heavy (non-hydrogen) atoms. The fraction of sp³-hybridized carbons (Fsp3) is 0.0909. The van der Waals surface area contributed by atoms with Gasteiger partial charge in [-0.15, -0.1) is 5.10 Å². The van der Waals surface area contributed by atoms with Crippen LogP contribution in [0.5, 0.6) is 0 Å². The van der Waals surface area contributed by atoms with Crippen molar-refractivity contribution in [3.63, 3.8) is 0 Å². The van der Waals surface area contributed by atoms with Crippen LogP contribution in [0.15, 0.2) is 81.4 Å². The molecule has 0 aliphatic rings. The molecule has 2 heterocycles. The minimum absolute atomic E-state index is 0.132. The number of nitrogens with zero attached hydrogens (tertiary/aromatic N) is 5. The highest BCUT2D eigenvalue weighted by Crippen LogP contribution is 2.26. The molecule has 0 bridgehead atoms. The Kier molecular flexibility index (Phi) is 6.60. The second-order valence-corrected chi connectivity index (χ2v) is 8.06. The molecule has 0 aliphatic carbocycles. The van der Waals surface area contributed by atoms with Crippen LogP contribution in [0.2, 0.25) is 0 Å². The van der Waals surface area contributed by atoms with Crippen molar-refractivity contribution in [3.8, 4) is 17.0 Å². The summed E-state index contributed by atoms with van der Waals surface area (Å²) >= 11 is 1.19. The molecule has 11 heteroatoms. The number of thioether (sulfide) groups is 1. The van der Waals surface area contributed by atoms with Gasteiger partial charge in [0.1, 0.15) is 11.5 Å². The van der Waals surface area contributed by atoms with Crippen LogP contribution in [0.1, 0.15) is 23.0 Å². The number of hydrogen-bond acceptors (Lipinski definition) is 8. The number of aromatic carboxylic acids is 1. The third kappa shape index (κ3) is 5.15. The Morgan fingerprint density at radius 2 is 1.88 bits per heavy atom. The number of furan rings is 1. The van der Waals surface area contributed by atoms with E-state index in [4.69, 9.17) is 4.42 Å². The minimum Gasteiger partial charge on any atom is -0.478 e. The van der Waals surface area contributed by atoms with Crippen LogP contribution in [0.3, 0.4) is 0 Å². The summed E-state index contributed by atoms with van der Waals surface area (Å²) in [4.78, 5) is 23.8. The molecule has 166 valence electrons. The van der Waals surface area contributed by atoms with Crippen molar-refractivity contribution in [2.24, 2.45) is 5.10 Å². The first-order valence-electron chi connectivity index (χ1n) is 9.79. The predicted molar refractivity (Wildman–Crippen MR) is 121 cm³/mol. The number of benzene rings is 2. The van der Waals surface area contributed by atoms with Gasteiger partial charge in [0.25, 0.3) is 5.91 Å². The Balaban J connectivity index is 1.38. The molecule has 10 nitrogen and oxygen atoms in total. The van der Waals surface area contributed by atoms with Gasteiger partial charge >= 0.3 is 5.97 Å². The lowest BCUT2D eigenvalue weighted by molar-refractivity contribution is -0.120. The molecule has 2 N–H and O–H groups in total. The maximum Gasteiger partial charge on any atom is 0.336 e. The molecule has 0 unspecified atom stereocenters. The molecular weight excluding hydrogens is 444 g/mol. The lowest BCUT2D eigenvalue weighted by Gasteiger charge is -2.09. The number of tetrazole rings is 1. The van der Waals surface area contributed by atoms with E-state index in [1.165, 1.54) is 24.0 Å². The highest BCUT2D eigenvalue weighted by atomic mass is 32.2. The summed E-state index contributed by atoms with van der Waals surface area (Å²) in [7, 11) is 0. The van der Waals surface area contributed by atoms with Crippen LogP contribution in [0.4, 0.5) is 0 Å². The number of hydrazone groups is 1. The van der Waals surface area contributed by atoms with E-state index in [9.17, 15) is 14.7 Å². The average molecular weight is 462 g/mol. The number of rotatable bonds is 8. The van der Waals surface area contributed by atoms with E-state index in [-0.39, 0.29) is 11.5 Å². The molecule has 2 aromatic carbocycles. The van der Waals surface area contributed by atoms with Gasteiger partial charge in [-0.1, -0.05) is 48.2 Å². The molecule has 1 atom stereocenters. The van der Waals surface area contributed by atoms with Crippen molar-refractivity contribution in [2.45, 2.75) is 17.3 Å². The van der Waals surface area contributed by atoms with E-state index in [2.05, 4.69) is 26.1 Å². The molecule has 2 aromatic heterocycles. The standard InChI is InChI=1S/C22H18N6O4S/c1-14(33-22-25-26-27-28(22)15-7-3-2-4-8-15)20(29)24-23-13-16-11-12-19(32-16)17-9-5-6-10-18(17)21(30)31/h2-14H,1H3,(H,24,29)(H,30,31)/b23-13-/t14-/m1/s1. The van der Waals surface area contributed by atoms with Crippen LogP contribution in [-0.2, 0) is 4.79 Å². The molecule has 0 aliphatic heterocycles. The largest absolute Gasteiger partial charge is 0.478 e. The fourth-order valence-corrected chi connectivity index (χ4v) is 3.70. The van der Waals surface area contributed by atoms with Crippen LogP contribution >= 0.6 is 11.8 Å². The van der Waals surface area contributed by atoms with Gasteiger partial charge in [0.2, 0.25) is 5.16 Å². The summed E-state index contributed by atoms with van der Waals surface area (Å²) in [5.41, 5.74) is 3.83. The summed E-state index contributed by atoms with van der Waals surface area (Å²) in [5.74, 6) is -0.646. The van der Waals surface area contributed by atoms with Gasteiger partial charge < -0.3 is 9.52 Å². The van der Waals surface area contributed by atoms with Crippen molar-refractivity contribution >= 4 is 29.9 Å². The molecule has 0 saturated carbocycles. The first-order chi connectivity index (χ1) is 16.0. The minimum atomic E-state index is -1.05. The zero-order valence-electron chi connectivity index (χ0n) is 17.3. The number of carbonyl (C=O) groups is 2. The van der Waals surface area contributed by atoms with E-state index in [1.807, 2.05) is 30.3 Å². The molecule has 0 fully saturated rings. The van der Waals surface area contributed by atoms with Gasteiger partial charge in [0, 0.05) is 5.56 Å². The zero-order chi connectivity index (χ0) is 23.2. The lowest BCUT2D eigenvalue weighted by atomic mass is 10.1. The number of carboxylic acids is 1. The van der Waals surface area contributed by atoms with Crippen LogP contribution in [0, 0.1) is 0 Å². The molecule has 0 radical (unpaired) electrons. The van der Waals surface area contributed by atoms with Crippen LogP contribution in [0.25, 0.3) is 17.0 Å². The Hall–Kier alpha value is -4.25. The highest BCUT2D eigenvalue weighted by molar-refractivity contribution is 8.00. The van der Waals surface area contributed by atoms with E-state index < -0.39 is 11.2 Å². The molecule has 1 amide bonds. The molecular formula is C22H18N6O4S. The van der Waals surface area contributed by atoms with Gasteiger partial charge in [-0.05, 0) is 47.7 Å². The van der Waals surface area contributed by atoms with Crippen molar-refractivity contribution in [1.82, 2.24) is 25.6 Å². The quantitative estimate of drug-likeness (QED) is 0.231. The topological polar surface area (TPSA) is 136 Å². The second-order valence-electron chi connectivity index (χ2n) is 6.76. The first kappa shape index (κ1) is 22.0. The van der Waals surface area contributed by atoms with Gasteiger partial charge in [0.05, 0.1) is 22.7 Å². The maximum atomic E-state index is 12.4. The molecule has 0 spiro atoms. The second kappa shape index (κ2) is 9.92. The van der Waals surface area contributed by atoms with Gasteiger partial charge in [-0.25, -0.2) is 10.2 Å². The van der Waals surface area contributed by atoms with Crippen LogP contribution < -0.4 is 5.43 Å². The normalized spacial score (nSPS) is 12.0. The maximum absolute atomic E-state index is 12.4. The predicted octanol–water partition coefficient (Wildman–Crippen LogP) is 3.25. The average Bonchev–Trinajstić information content (AvgIpc) is 3.49. The first-order valence-corrected chi connectivity index (χ1v) is 10.7. The summed E-state index contributed by atoms with van der Waals surface area (Å²) in [6, 6.07) is 19.2. The van der Waals surface area contributed by atoms with E-state index in [0.29, 0.717) is 22.2 Å². The van der Waals surface area contributed by atoms with Crippen molar-refractivity contribution in [2.75, 3.05) is 0 Å². The van der Waals surface area contributed by atoms with Crippen molar-refractivity contribution in [1.29, 1.82) is 0 Å². The fourth-order valence-electron chi connectivity index (χ4n) is 2.90. The number of nitrogens with one attached hydrogen (secondary N) is 1. The van der Waals surface area contributed by atoms with Gasteiger partial charge in [-0.3, -0.25) is 4.79 Å². The summed E-state index contributed by atoms with van der Waals surface area (Å²) < 4.78 is 7.21. The Morgan fingerprint density at radius 1 is 1.12 bits per heavy atom. The number of aromatic nitrogens is 4. The number of carboxylic acid groups (broad SMARTS) is 1. The van der Waals surface area contributed by atoms with Gasteiger partial charge in [-0.2, -0.15) is 9.78 Å². The highest BCUT2D eigenvalue weighted by Gasteiger charge is 2.19. The smallest absolute Gasteiger partial charge is 0.336 e. The summed E-state index contributed by atoms with van der Waals surface area (Å²) in [6.45, 7) is 1.72. The number of para-hydroxylation sites is 1. The number of hydrogen-bond donors (Lipinski definition) is 2. The number of amides is 1. The SMILES string of the molecule is C[C@@H](Sc1nnnn1-c1ccccc1)C(=O)N/N=C\c1ccc(-c2ccccc2C(=O)O)o1. The third-order valence-electron chi connectivity index (χ3n) is 4.51. The Labute approximate surface area is 192 Å². The summed E-state index contributed by atoms with van der Waals surface area (Å²) in [6.07, 6.45) is 1.34.